The van der Waals surface area contributed by atoms with Crippen molar-refractivity contribution in [2.24, 2.45) is 0 Å². The lowest BCUT2D eigenvalue weighted by Crippen LogP contribution is -2.33. The van der Waals surface area contributed by atoms with E-state index in [1.54, 1.807) is 106 Å². The van der Waals surface area contributed by atoms with Crippen molar-refractivity contribution in [1.29, 1.82) is 0 Å². The molecule has 4 aromatic carbocycles. The topological polar surface area (TPSA) is 146 Å². The second-order valence-electron chi connectivity index (χ2n) is 12.2. The van der Waals surface area contributed by atoms with E-state index in [9.17, 15) is 19.2 Å². The molecule has 0 aliphatic rings. The van der Waals surface area contributed by atoms with Crippen molar-refractivity contribution in [3.63, 3.8) is 0 Å². The summed E-state index contributed by atoms with van der Waals surface area (Å²) < 4.78 is 13.6. The van der Waals surface area contributed by atoms with Gasteiger partial charge in [-0.3, -0.25) is 19.2 Å². The fourth-order valence-electron chi connectivity index (χ4n) is 5.44. The second kappa shape index (κ2) is 16.6. The van der Waals surface area contributed by atoms with Crippen molar-refractivity contribution in [2.45, 2.75) is 32.5 Å². The number of carbonyl (C=O) groups excluding carboxylic acids is 2. The number of hydrogen-bond acceptors (Lipinski definition) is 8. The highest BCUT2D eigenvalue weighted by Crippen LogP contribution is 2.27. The number of benzene rings is 4. The average Bonchev–Trinajstić information content (AvgIpc) is 3.18. The molecule has 0 bridgehead atoms. The largest absolute Gasteiger partial charge is 0.497 e. The van der Waals surface area contributed by atoms with Gasteiger partial charge in [-0.05, 0) is 86.1 Å². The van der Waals surface area contributed by atoms with Gasteiger partial charge in [0, 0.05) is 34.0 Å². The summed E-state index contributed by atoms with van der Waals surface area (Å²) in [5, 5.41) is 15.3. The third-order valence-corrected chi connectivity index (χ3v) is 8.99. The van der Waals surface area contributed by atoms with Gasteiger partial charge in [-0.2, -0.15) is 10.2 Å². The molecule has 0 saturated heterocycles. The summed E-state index contributed by atoms with van der Waals surface area (Å²) in [6.45, 7) is 3.28. The maximum absolute atomic E-state index is 13.4. The van der Waals surface area contributed by atoms with Crippen molar-refractivity contribution < 1.29 is 19.1 Å². The molecule has 2 N–H and O–H groups in total. The lowest BCUT2D eigenvalue weighted by Gasteiger charge is -2.16. The van der Waals surface area contributed by atoms with Crippen molar-refractivity contribution in [3.05, 3.63) is 152 Å². The molecule has 6 aromatic rings. The monoisotopic (exact) mass is 764 g/mol. The van der Waals surface area contributed by atoms with Gasteiger partial charge >= 0.3 is 0 Å². The Balaban J connectivity index is 1.13. The Bertz CT molecular complexity index is 2470. The lowest BCUT2D eigenvalue weighted by molar-refractivity contribution is -0.119. The van der Waals surface area contributed by atoms with Gasteiger partial charge in [-0.1, -0.05) is 59.6 Å². The molecule has 54 heavy (non-hydrogen) atoms. The molecule has 2 unspecified atom stereocenters. The molecular formula is C40H34Cl2N6O6. The predicted molar refractivity (Wildman–Crippen MR) is 208 cm³/mol. The highest BCUT2D eigenvalue weighted by atomic mass is 35.5. The first kappa shape index (κ1) is 37.5. The van der Waals surface area contributed by atoms with Crippen LogP contribution in [0.3, 0.4) is 0 Å². The molecule has 274 valence electrons. The van der Waals surface area contributed by atoms with E-state index in [1.165, 1.54) is 12.1 Å². The SMILES string of the molecule is COc1cccc(-c2ccc(=O)n(C(C)C(=O)Nc3cc(COc4cccc(-c5ccc(=O)n(C(C)C(=O)Nc6cccc(Cl)c6)n5)c4)ccc3Cl)n2)c1. The molecule has 2 atom stereocenters. The van der Waals surface area contributed by atoms with Gasteiger partial charge < -0.3 is 20.1 Å². The number of ether oxygens (including phenoxy) is 2. The quantitative estimate of drug-likeness (QED) is 0.131. The highest BCUT2D eigenvalue weighted by molar-refractivity contribution is 6.33. The van der Waals surface area contributed by atoms with Crippen molar-refractivity contribution >= 4 is 46.4 Å². The highest BCUT2D eigenvalue weighted by Gasteiger charge is 2.21. The molecule has 2 heterocycles. The molecule has 0 aliphatic heterocycles. The van der Waals surface area contributed by atoms with Crippen LogP contribution < -0.4 is 31.2 Å². The van der Waals surface area contributed by atoms with Gasteiger partial charge in [0.15, 0.2) is 0 Å². The zero-order valence-corrected chi connectivity index (χ0v) is 30.8. The molecule has 2 aromatic heterocycles. The number of halogens is 2. The van der Waals surface area contributed by atoms with Crippen LogP contribution in [0.25, 0.3) is 22.5 Å². The van der Waals surface area contributed by atoms with Crippen LogP contribution in [0.15, 0.2) is 125 Å². The van der Waals surface area contributed by atoms with E-state index in [4.69, 9.17) is 32.7 Å². The van der Waals surface area contributed by atoms with Gasteiger partial charge in [0.05, 0.1) is 29.2 Å². The van der Waals surface area contributed by atoms with Gasteiger partial charge in [0.1, 0.15) is 30.2 Å². The van der Waals surface area contributed by atoms with Gasteiger partial charge in [0.2, 0.25) is 11.8 Å². The first-order valence-corrected chi connectivity index (χ1v) is 17.5. The average molecular weight is 766 g/mol. The van der Waals surface area contributed by atoms with Crippen LogP contribution in [0.4, 0.5) is 11.4 Å². The van der Waals surface area contributed by atoms with Gasteiger partial charge in [0.25, 0.3) is 11.1 Å². The van der Waals surface area contributed by atoms with E-state index in [0.717, 1.165) is 14.9 Å². The van der Waals surface area contributed by atoms with Crippen LogP contribution in [0.5, 0.6) is 11.5 Å². The van der Waals surface area contributed by atoms with E-state index >= 15 is 0 Å². The first-order chi connectivity index (χ1) is 26.0. The Morgan fingerprint density at radius 1 is 0.685 bits per heavy atom. The smallest absolute Gasteiger partial charge is 0.267 e. The van der Waals surface area contributed by atoms with E-state index in [1.807, 2.05) is 18.2 Å². The lowest BCUT2D eigenvalue weighted by atomic mass is 10.1. The number of rotatable bonds is 12. The van der Waals surface area contributed by atoms with Crippen molar-refractivity contribution in [1.82, 2.24) is 19.6 Å². The van der Waals surface area contributed by atoms with Gasteiger partial charge in [-0.15, -0.1) is 0 Å². The second-order valence-corrected chi connectivity index (χ2v) is 13.0. The van der Waals surface area contributed by atoms with Crippen LogP contribution in [0.1, 0.15) is 31.5 Å². The number of anilines is 2. The summed E-state index contributed by atoms with van der Waals surface area (Å²) in [5.41, 5.74) is 2.98. The number of amides is 2. The summed E-state index contributed by atoms with van der Waals surface area (Å²) in [6, 6.07) is 30.2. The van der Waals surface area contributed by atoms with Crippen LogP contribution in [-0.4, -0.2) is 38.5 Å². The fraction of sp³-hybridized carbons (Fsp3) is 0.150. The van der Waals surface area contributed by atoms with Crippen LogP contribution >= 0.6 is 23.2 Å². The first-order valence-electron chi connectivity index (χ1n) is 16.7. The molecule has 0 radical (unpaired) electrons. The molecule has 0 saturated carbocycles. The minimum Gasteiger partial charge on any atom is -0.497 e. The standard InChI is InChI=1S/C40H34Cl2N6O6/c1-24(39(51)43-30-10-6-9-29(41)22-30)47-37(49)18-16-35(46-47)28-8-5-12-32(21-28)54-23-26-13-14-33(42)36(19-26)44-40(52)25(2)48-38(50)17-15-34(45-48)27-7-4-11-31(20-27)53-3/h4-22,24-25H,23H2,1-3H3,(H,43,51)(H,44,52). The maximum Gasteiger partial charge on any atom is 0.267 e. The molecule has 14 heteroatoms. The molecule has 0 aliphatic carbocycles. The minimum atomic E-state index is -0.968. The van der Waals surface area contributed by atoms with Gasteiger partial charge in [-0.25, -0.2) is 9.36 Å². The zero-order valence-electron chi connectivity index (χ0n) is 29.3. The van der Waals surface area contributed by atoms with E-state index in [0.29, 0.717) is 55.4 Å². The molecule has 2 amide bonds. The van der Waals surface area contributed by atoms with Crippen LogP contribution in [-0.2, 0) is 16.2 Å². The number of aromatic nitrogens is 4. The number of nitrogens with zero attached hydrogens (tertiary/aromatic N) is 4. The molecule has 6 rings (SSSR count). The molecule has 0 spiro atoms. The Labute approximate surface area is 319 Å². The Morgan fingerprint density at radius 3 is 1.87 bits per heavy atom. The Kier molecular flexibility index (Phi) is 11.5. The number of nitrogens with one attached hydrogen (secondary N) is 2. The fourth-order valence-corrected chi connectivity index (χ4v) is 5.79. The minimum absolute atomic E-state index is 0.121. The summed E-state index contributed by atoms with van der Waals surface area (Å²) >= 11 is 12.5. The number of methoxy groups -OCH3 is 1. The summed E-state index contributed by atoms with van der Waals surface area (Å²) in [4.78, 5) is 51.8. The van der Waals surface area contributed by atoms with E-state index in [2.05, 4.69) is 20.8 Å². The summed E-state index contributed by atoms with van der Waals surface area (Å²) in [5.74, 6) is 0.214. The zero-order chi connectivity index (χ0) is 38.4. The van der Waals surface area contributed by atoms with Crippen molar-refractivity contribution in [2.75, 3.05) is 17.7 Å². The van der Waals surface area contributed by atoms with E-state index in [-0.39, 0.29) is 6.61 Å². The van der Waals surface area contributed by atoms with Crippen LogP contribution in [0.2, 0.25) is 10.0 Å². The maximum atomic E-state index is 13.4. The van der Waals surface area contributed by atoms with Crippen LogP contribution in [0, 0.1) is 0 Å². The number of hydrogen-bond donors (Lipinski definition) is 2. The molecule has 12 nitrogen and oxygen atoms in total. The molecular weight excluding hydrogens is 731 g/mol. The normalized spacial score (nSPS) is 12.0. The Hall–Kier alpha value is -6.24. The van der Waals surface area contributed by atoms with E-state index < -0.39 is 35.0 Å². The number of carbonyl (C=O) groups is 2. The third-order valence-electron chi connectivity index (χ3n) is 8.42. The third kappa shape index (κ3) is 8.85. The Morgan fingerprint density at radius 2 is 1.26 bits per heavy atom. The summed E-state index contributed by atoms with van der Waals surface area (Å²) in [6.07, 6.45) is 0. The predicted octanol–water partition coefficient (Wildman–Crippen LogP) is 7.43. The van der Waals surface area contributed by atoms with Crippen molar-refractivity contribution in [3.8, 4) is 34.0 Å². The summed E-state index contributed by atoms with van der Waals surface area (Å²) in [7, 11) is 1.56. The molecule has 0 fully saturated rings.